The summed E-state index contributed by atoms with van der Waals surface area (Å²) in [5, 5.41) is 2.61. The van der Waals surface area contributed by atoms with Gasteiger partial charge in [0.25, 0.3) is 0 Å². The van der Waals surface area contributed by atoms with Crippen molar-refractivity contribution in [1.29, 1.82) is 0 Å². The molecule has 0 amide bonds. The van der Waals surface area contributed by atoms with Crippen molar-refractivity contribution in [3.63, 3.8) is 0 Å². The summed E-state index contributed by atoms with van der Waals surface area (Å²) in [7, 11) is 3.99. The van der Waals surface area contributed by atoms with Crippen molar-refractivity contribution < 1.29 is 24.7 Å². The first-order chi connectivity index (χ1) is 22.6. The fraction of sp³-hybridized carbons (Fsp3) is 0.0476. The maximum atomic E-state index is 4.41. The Morgan fingerprint density at radius 1 is 0.617 bits per heavy atom. The van der Waals surface area contributed by atoms with Gasteiger partial charge >= 0.3 is 0 Å². The molecule has 1 radical (unpaired) electrons. The Balaban J connectivity index is 0.000000140. The number of nitrogens with zero attached hydrogens (tertiary/aromatic N) is 3. The van der Waals surface area contributed by atoms with Crippen molar-refractivity contribution in [2.75, 3.05) is 0 Å². The minimum absolute atomic E-state index is 0. The normalized spacial score (nSPS) is 10.3. The molecule has 5 heteroatoms. The van der Waals surface area contributed by atoms with E-state index in [0.29, 0.717) is 0 Å². The second kappa shape index (κ2) is 16.1. The Bertz CT molecular complexity index is 2180. The van der Waals surface area contributed by atoms with E-state index < -0.39 is 0 Å². The first kappa shape index (κ1) is 33.4. The van der Waals surface area contributed by atoms with Gasteiger partial charge in [-0.1, -0.05) is 65.5 Å². The molecule has 0 fully saturated rings. The third-order valence-corrected chi connectivity index (χ3v) is 8.55. The Morgan fingerprint density at radius 2 is 1.32 bits per heavy atom. The van der Waals surface area contributed by atoms with Gasteiger partial charge < -0.3 is 14.5 Å². The monoisotopic (exact) mass is 803 g/mol. The van der Waals surface area contributed by atoms with Crippen LogP contribution >= 0.6 is 11.3 Å². The molecule has 3 nitrogen and oxygen atoms in total. The van der Waals surface area contributed by atoms with Gasteiger partial charge in [-0.15, -0.1) is 90.0 Å². The van der Waals surface area contributed by atoms with Gasteiger partial charge in [0.05, 0.1) is 5.69 Å². The Labute approximate surface area is 294 Å². The van der Waals surface area contributed by atoms with Crippen LogP contribution in [0.2, 0.25) is 0 Å². The van der Waals surface area contributed by atoms with E-state index in [1.807, 2.05) is 139 Å². The first-order valence-electron chi connectivity index (χ1n) is 15.0. The molecule has 0 saturated heterocycles. The van der Waals surface area contributed by atoms with E-state index in [4.69, 9.17) is 0 Å². The number of pyridine rings is 3. The molecule has 0 N–H and O–H groups in total. The molecule has 0 unspecified atom stereocenters. The quantitative estimate of drug-likeness (QED) is 0.132. The largest absolute Gasteiger partial charge is 0.318 e. The predicted octanol–water partition coefficient (Wildman–Crippen LogP) is 10.2. The van der Waals surface area contributed by atoms with Crippen molar-refractivity contribution in [2.45, 2.75) is 13.8 Å². The van der Waals surface area contributed by atoms with Crippen molar-refractivity contribution in [2.24, 2.45) is 0 Å². The van der Waals surface area contributed by atoms with Crippen molar-refractivity contribution in [1.82, 2.24) is 9.97 Å². The standard InChI is InChI=1S/C17H10NS.C13H12N.C12H10N.Ir/c1-2-7-16-13(5-1)14-11-12(8-9-17(14)19-16)15-6-3-4-10-18-15;1-11-7-6-10-13(14(11)2)12-8-4-3-5-9-12;1-10-6-5-9-12(13-10)11-7-3-2-4-8-11;/h1-7,9-11H;3-8,10H,2H2,1H3;2-7,9H,1H3;/q3*-1;. The summed E-state index contributed by atoms with van der Waals surface area (Å²) >= 11 is 1.81. The number of hydrogen-bond acceptors (Lipinski definition) is 3. The van der Waals surface area contributed by atoms with E-state index in [-0.39, 0.29) is 20.1 Å². The van der Waals surface area contributed by atoms with Crippen LogP contribution in [0.5, 0.6) is 0 Å². The number of rotatable bonds is 3. The number of hydrogen-bond donors (Lipinski definition) is 0. The van der Waals surface area contributed by atoms with E-state index in [2.05, 4.69) is 71.6 Å². The summed E-state index contributed by atoms with van der Waals surface area (Å²) in [4.78, 5) is 8.80. The van der Waals surface area contributed by atoms with Crippen LogP contribution in [0.25, 0.3) is 53.9 Å². The van der Waals surface area contributed by atoms with Gasteiger partial charge in [0.2, 0.25) is 0 Å². The van der Waals surface area contributed by atoms with Gasteiger partial charge in [-0.2, -0.15) is 11.3 Å². The molecule has 4 aromatic heterocycles. The summed E-state index contributed by atoms with van der Waals surface area (Å²) in [6.07, 6.45) is 1.82. The van der Waals surface area contributed by atoms with Crippen molar-refractivity contribution >= 4 is 31.5 Å². The molecule has 0 bridgehead atoms. The maximum Gasteiger partial charge on any atom is 0.115 e. The zero-order chi connectivity index (χ0) is 31.7. The van der Waals surface area contributed by atoms with Crippen LogP contribution in [0.15, 0.2) is 146 Å². The van der Waals surface area contributed by atoms with E-state index in [0.717, 1.165) is 45.2 Å². The summed E-state index contributed by atoms with van der Waals surface area (Å²) in [5.74, 6) is 0. The summed E-state index contributed by atoms with van der Waals surface area (Å²) < 4.78 is 4.52. The molecule has 0 aliphatic rings. The average molecular weight is 803 g/mol. The molecule has 0 atom stereocenters. The van der Waals surface area contributed by atoms with Crippen LogP contribution < -0.4 is 4.57 Å². The van der Waals surface area contributed by atoms with Crippen LogP contribution in [0.3, 0.4) is 0 Å². The minimum Gasteiger partial charge on any atom is -0.318 e. The molecular weight excluding hydrogens is 771 g/mol. The molecular formula is C42H32IrN3S-3. The molecule has 0 saturated carbocycles. The summed E-state index contributed by atoms with van der Waals surface area (Å²) in [5.41, 5.74) is 8.40. The van der Waals surface area contributed by atoms with Gasteiger partial charge in [-0.3, -0.25) is 0 Å². The van der Waals surface area contributed by atoms with Gasteiger partial charge in [0.15, 0.2) is 0 Å². The zero-order valence-electron chi connectivity index (χ0n) is 26.1. The van der Waals surface area contributed by atoms with E-state index >= 15 is 0 Å². The zero-order valence-corrected chi connectivity index (χ0v) is 29.4. The van der Waals surface area contributed by atoms with E-state index in [1.165, 1.54) is 20.2 Å². The van der Waals surface area contributed by atoms with Gasteiger partial charge in [-0.25, -0.2) is 0 Å². The number of benzene rings is 4. The van der Waals surface area contributed by atoms with Crippen LogP contribution in [0, 0.1) is 39.1 Å². The topological polar surface area (TPSA) is 29.7 Å². The number of thiophene rings is 1. The molecule has 4 aromatic carbocycles. The molecule has 0 spiro atoms. The number of aryl methyl sites for hydroxylation is 2. The second-order valence-corrected chi connectivity index (χ2v) is 11.7. The molecule has 233 valence electrons. The second-order valence-electron chi connectivity index (χ2n) is 10.6. The van der Waals surface area contributed by atoms with Crippen LogP contribution in [0.1, 0.15) is 11.4 Å². The fourth-order valence-electron chi connectivity index (χ4n) is 5.02. The number of aromatic nitrogens is 3. The predicted molar refractivity (Wildman–Crippen MR) is 191 cm³/mol. The van der Waals surface area contributed by atoms with Gasteiger partial charge in [0.1, 0.15) is 5.69 Å². The summed E-state index contributed by atoms with van der Waals surface area (Å²) in [6.45, 7) is 4.03. The van der Waals surface area contributed by atoms with E-state index in [1.54, 1.807) is 0 Å². The van der Waals surface area contributed by atoms with Crippen LogP contribution in [-0.4, -0.2) is 9.97 Å². The van der Waals surface area contributed by atoms with Gasteiger partial charge in [0, 0.05) is 43.7 Å². The van der Waals surface area contributed by atoms with E-state index in [9.17, 15) is 0 Å². The smallest absolute Gasteiger partial charge is 0.115 e. The minimum atomic E-state index is 0. The SMILES string of the molecule is Cc1cccc(-c2[c-]cccc2)n1.[CH2-][n+]1c(C)cccc1-c1[c-]cccc1.[Ir].[c-]1cc2sc3ccccc3c2cc1-c1ccccn1. The molecule has 0 aliphatic carbocycles. The molecule has 8 aromatic rings. The molecule has 0 aliphatic heterocycles. The Kier molecular flexibility index (Phi) is 11.4. The molecule has 8 rings (SSSR count). The van der Waals surface area contributed by atoms with Gasteiger partial charge in [-0.05, 0) is 59.6 Å². The maximum absolute atomic E-state index is 4.41. The third kappa shape index (κ3) is 8.27. The van der Waals surface area contributed by atoms with Crippen LogP contribution in [0.4, 0.5) is 0 Å². The van der Waals surface area contributed by atoms with Crippen LogP contribution in [-0.2, 0) is 20.1 Å². The molecule has 47 heavy (non-hydrogen) atoms. The summed E-state index contributed by atoms with van der Waals surface area (Å²) in [6, 6.07) is 56.3. The first-order valence-corrected chi connectivity index (χ1v) is 15.8. The third-order valence-electron chi connectivity index (χ3n) is 7.42. The Morgan fingerprint density at radius 3 is 2.04 bits per heavy atom. The van der Waals surface area contributed by atoms with Crippen molar-refractivity contribution in [3.05, 3.63) is 182 Å². The fourth-order valence-corrected chi connectivity index (χ4v) is 6.09. The average Bonchev–Trinajstić information content (AvgIpc) is 3.49. The number of fused-ring (bicyclic) bond motifs is 3. The Hall–Kier alpha value is -4.93. The van der Waals surface area contributed by atoms with Crippen molar-refractivity contribution in [3.8, 4) is 33.8 Å². The molecule has 4 heterocycles.